The standard InChI is InChI=1S/C18H20FN3OS/c1-3-10-22-11(2)15(17(23)20-14-8-9-14)16(21-18(22)24)12-4-6-13(19)7-5-12/h3-7,14,16H,1,8-10H2,2H3,(H,20,23)(H,21,24)/t16-/m1/s1. The number of carbonyl (C=O) groups is 1. The predicted molar refractivity (Wildman–Crippen MR) is 95.6 cm³/mol. The molecular weight excluding hydrogens is 325 g/mol. The number of amides is 1. The first-order valence-corrected chi connectivity index (χ1v) is 8.38. The summed E-state index contributed by atoms with van der Waals surface area (Å²) in [5, 5.41) is 6.78. The quantitative estimate of drug-likeness (QED) is 0.636. The van der Waals surface area contributed by atoms with E-state index in [0.29, 0.717) is 17.2 Å². The van der Waals surface area contributed by atoms with Gasteiger partial charge in [-0.25, -0.2) is 4.39 Å². The molecule has 1 amide bonds. The highest BCUT2D eigenvalue weighted by atomic mass is 32.1. The summed E-state index contributed by atoms with van der Waals surface area (Å²) < 4.78 is 13.2. The summed E-state index contributed by atoms with van der Waals surface area (Å²) in [5.41, 5.74) is 2.22. The fraction of sp³-hybridized carbons (Fsp3) is 0.333. The minimum Gasteiger partial charge on any atom is -0.351 e. The third kappa shape index (κ3) is 3.33. The van der Waals surface area contributed by atoms with E-state index >= 15 is 0 Å². The van der Waals surface area contributed by atoms with Crippen molar-refractivity contribution in [2.45, 2.75) is 31.8 Å². The third-order valence-electron chi connectivity index (χ3n) is 4.27. The molecule has 2 N–H and O–H groups in total. The van der Waals surface area contributed by atoms with Gasteiger partial charge in [0, 0.05) is 18.3 Å². The van der Waals surface area contributed by atoms with Gasteiger partial charge in [0.2, 0.25) is 0 Å². The number of hydrogen-bond acceptors (Lipinski definition) is 2. The molecule has 1 aliphatic heterocycles. The summed E-state index contributed by atoms with van der Waals surface area (Å²) in [6, 6.07) is 6.00. The molecule has 2 aliphatic rings. The van der Waals surface area contributed by atoms with E-state index in [1.54, 1.807) is 18.2 Å². The van der Waals surface area contributed by atoms with Crippen LogP contribution in [0.2, 0.25) is 0 Å². The molecule has 3 rings (SSSR count). The van der Waals surface area contributed by atoms with Gasteiger partial charge in [-0.15, -0.1) is 6.58 Å². The highest BCUT2D eigenvalue weighted by Crippen LogP contribution is 2.31. The lowest BCUT2D eigenvalue weighted by molar-refractivity contribution is -0.118. The Morgan fingerprint density at radius 3 is 2.71 bits per heavy atom. The number of thiocarbonyl (C=S) groups is 1. The fourth-order valence-electron chi connectivity index (χ4n) is 2.82. The second-order valence-corrected chi connectivity index (χ2v) is 6.47. The monoisotopic (exact) mass is 345 g/mol. The fourth-order valence-corrected chi connectivity index (χ4v) is 3.15. The summed E-state index contributed by atoms with van der Waals surface area (Å²) in [6.45, 7) is 6.15. The van der Waals surface area contributed by atoms with Crippen molar-refractivity contribution in [3.05, 3.63) is 59.6 Å². The molecule has 0 saturated heterocycles. The number of benzene rings is 1. The molecule has 1 aliphatic carbocycles. The Bertz CT molecular complexity index is 709. The van der Waals surface area contributed by atoms with Crippen LogP contribution >= 0.6 is 12.2 Å². The molecule has 0 aromatic heterocycles. The van der Waals surface area contributed by atoms with E-state index in [1.165, 1.54) is 12.1 Å². The number of nitrogens with one attached hydrogen (secondary N) is 2. The van der Waals surface area contributed by atoms with Crippen molar-refractivity contribution in [1.29, 1.82) is 0 Å². The molecule has 4 nitrogen and oxygen atoms in total. The van der Waals surface area contributed by atoms with Gasteiger partial charge in [0.1, 0.15) is 5.82 Å². The number of nitrogens with zero attached hydrogens (tertiary/aromatic N) is 1. The maximum atomic E-state index is 13.2. The van der Waals surface area contributed by atoms with Gasteiger partial charge in [-0.3, -0.25) is 4.79 Å². The molecule has 1 aromatic rings. The van der Waals surface area contributed by atoms with Gasteiger partial charge >= 0.3 is 0 Å². The molecule has 1 atom stereocenters. The zero-order chi connectivity index (χ0) is 17.3. The molecule has 126 valence electrons. The number of rotatable bonds is 5. The molecule has 0 bridgehead atoms. The SMILES string of the molecule is C=CCN1C(=S)N[C@H](c2ccc(F)cc2)C(C(=O)NC2CC2)=C1C. The number of allylic oxidation sites excluding steroid dienone is 1. The molecule has 1 saturated carbocycles. The lowest BCUT2D eigenvalue weighted by atomic mass is 9.94. The Labute approximate surface area is 146 Å². The molecule has 1 aromatic carbocycles. The topological polar surface area (TPSA) is 44.4 Å². The van der Waals surface area contributed by atoms with Crippen molar-refractivity contribution >= 4 is 23.2 Å². The number of hydrogen-bond donors (Lipinski definition) is 2. The van der Waals surface area contributed by atoms with Crippen LogP contribution in [0.4, 0.5) is 4.39 Å². The highest BCUT2D eigenvalue weighted by molar-refractivity contribution is 7.80. The minimum absolute atomic E-state index is 0.103. The molecule has 0 spiro atoms. The number of carbonyl (C=O) groups excluding carboxylic acids is 1. The summed E-state index contributed by atoms with van der Waals surface area (Å²) in [7, 11) is 0. The second kappa shape index (κ2) is 6.73. The van der Waals surface area contributed by atoms with Gasteiger partial charge in [-0.1, -0.05) is 18.2 Å². The molecule has 6 heteroatoms. The Morgan fingerprint density at radius 2 is 2.12 bits per heavy atom. The van der Waals surface area contributed by atoms with Gasteiger partial charge in [-0.2, -0.15) is 0 Å². The van der Waals surface area contributed by atoms with Gasteiger partial charge < -0.3 is 15.5 Å². The van der Waals surface area contributed by atoms with Crippen LogP contribution in [-0.4, -0.2) is 28.5 Å². The summed E-state index contributed by atoms with van der Waals surface area (Å²) >= 11 is 5.44. The molecule has 0 radical (unpaired) electrons. The maximum Gasteiger partial charge on any atom is 0.251 e. The summed E-state index contributed by atoms with van der Waals surface area (Å²) in [4.78, 5) is 14.6. The van der Waals surface area contributed by atoms with Crippen molar-refractivity contribution in [2.75, 3.05) is 6.54 Å². The molecule has 1 heterocycles. The van der Waals surface area contributed by atoms with E-state index in [0.717, 1.165) is 24.1 Å². The zero-order valence-corrected chi connectivity index (χ0v) is 14.3. The average molecular weight is 345 g/mol. The summed E-state index contributed by atoms with van der Waals surface area (Å²) in [5.74, 6) is -0.413. The number of halogens is 1. The zero-order valence-electron chi connectivity index (χ0n) is 13.5. The molecule has 24 heavy (non-hydrogen) atoms. The van der Waals surface area contributed by atoms with E-state index in [2.05, 4.69) is 17.2 Å². The Balaban J connectivity index is 2.01. The van der Waals surface area contributed by atoms with Crippen LogP contribution in [-0.2, 0) is 4.79 Å². The highest BCUT2D eigenvalue weighted by Gasteiger charge is 2.35. The van der Waals surface area contributed by atoms with Crippen molar-refractivity contribution in [2.24, 2.45) is 0 Å². The predicted octanol–water partition coefficient (Wildman–Crippen LogP) is 2.80. The van der Waals surface area contributed by atoms with Crippen molar-refractivity contribution in [3.63, 3.8) is 0 Å². The van der Waals surface area contributed by atoms with Crippen LogP contribution in [0.15, 0.2) is 48.2 Å². The van der Waals surface area contributed by atoms with Crippen LogP contribution < -0.4 is 10.6 Å². The van der Waals surface area contributed by atoms with Crippen LogP contribution in [0.1, 0.15) is 31.4 Å². The first kappa shape index (κ1) is 16.6. The van der Waals surface area contributed by atoms with Gasteiger partial charge in [0.15, 0.2) is 5.11 Å². The lowest BCUT2D eigenvalue weighted by Crippen LogP contribution is -2.49. The van der Waals surface area contributed by atoms with Gasteiger partial charge in [0.05, 0.1) is 11.6 Å². The molecule has 1 fully saturated rings. The third-order valence-corrected chi connectivity index (χ3v) is 4.61. The van der Waals surface area contributed by atoms with E-state index in [1.807, 2.05) is 11.8 Å². The van der Waals surface area contributed by atoms with Gasteiger partial charge in [-0.05, 0) is 49.7 Å². The van der Waals surface area contributed by atoms with Crippen LogP contribution in [0, 0.1) is 5.82 Å². The minimum atomic E-state index is -0.391. The Kier molecular flexibility index (Phi) is 4.66. The first-order valence-electron chi connectivity index (χ1n) is 7.97. The van der Waals surface area contributed by atoms with Crippen LogP contribution in [0.3, 0.4) is 0 Å². The smallest absolute Gasteiger partial charge is 0.251 e. The normalized spacial score (nSPS) is 20.7. The Hall–Kier alpha value is -2.21. The Morgan fingerprint density at radius 1 is 1.46 bits per heavy atom. The van der Waals surface area contributed by atoms with Crippen LogP contribution in [0.25, 0.3) is 0 Å². The van der Waals surface area contributed by atoms with Crippen LogP contribution in [0.5, 0.6) is 0 Å². The van der Waals surface area contributed by atoms with E-state index < -0.39 is 6.04 Å². The summed E-state index contributed by atoms with van der Waals surface area (Å²) in [6.07, 6.45) is 3.77. The van der Waals surface area contributed by atoms with E-state index in [4.69, 9.17) is 12.2 Å². The van der Waals surface area contributed by atoms with Gasteiger partial charge in [0.25, 0.3) is 5.91 Å². The van der Waals surface area contributed by atoms with E-state index in [-0.39, 0.29) is 17.8 Å². The second-order valence-electron chi connectivity index (χ2n) is 6.08. The van der Waals surface area contributed by atoms with Crippen molar-refractivity contribution in [3.8, 4) is 0 Å². The van der Waals surface area contributed by atoms with Crippen molar-refractivity contribution in [1.82, 2.24) is 15.5 Å². The average Bonchev–Trinajstić information content (AvgIpc) is 3.35. The first-order chi connectivity index (χ1) is 11.5. The molecule has 0 unspecified atom stereocenters. The van der Waals surface area contributed by atoms with E-state index in [9.17, 15) is 9.18 Å². The maximum absolute atomic E-state index is 13.2. The lowest BCUT2D eigenvalue weighted by Gasteiger charge is -2.37. The largest absolute Gasteiger partial charge is 0.351 e. The van der Waals surface area contributed by atoms with Crippen molar-refractivity contribution < 1.29 is 9.18 Å². The molecular formula is C18H20FN3OS.